The van der Waals surface area contributed by atoms with E-state index in [0.29, 0.717) is 30.4 Å². The number of benzene rings is 1. The smallest absolute Gasteiger partial charge is 0.222 e. The van der Waals surface area contributed by atoms with Gasteiger partial charge in [-0.25, -0.2) is 9.37 Å². The summed E-state index contributed by atoms with van der Waals surface area (Å²) in [4.78, 5) is 9.09. The first kappa shape index (κ1) is 12.5. The fourth-order valence-corrected chi connectivity index (χ4v) is 1.97. The number of aromatic nitrogens is 2. The molecule has 104 valence electrons. The molecule has 0 saturated heterocycles. The molecule has 0 saturated carbocycles. The minimum Gasteiger partial charge on any atom is -0.486 e. The molecule has 0 radical (unpaired) electrons. The number of fused-ring (bicyclic) bond motifs is 1. The first-order valence-electron chi connectivity index (χ1n) is 6.06. The van der Waals surface area contributed by atoms with E-state index in [1.807, 2.05) is 0 Å². The van der Waals surface area contributed by atoms with E-state index in [0.717, 1.165) is 6.20 Å². The molecule has 0 amide bonds. The Labute approximate surface area is 115 Å². The Morgan fingerprint density at radius 1 is 1.25 bits per heavy atom. The van der Waals surface area contributed by atoms with Crippen molar-refractivity contribution in [1.82, 2.24) is 9.97 Å². The van der Waals surface area contributed by atoms with Crippen LogP contribution in [0.5, 0.6) is 11.5 Å². The predicted octanol–water partition coefficient (Wildman–Crippen LogP) is 1.74. The lowest BCUT2D eigenvalue weighted by Gasteiger charge is -2.23. The lowest BCUT2D eigenvalue weighted by molar-refractivity contribution is 0.171. The molecule has 2 aromatic rings. The van der Waals surface area contributed by atoms with E-state index >= 15 is 0 Å². The van der Waals surface area contributed by atoms with Gasteiger partial charge in [0.25, 0.3) is 0 Å². The second-order valence-electron chi connectivity index (χ2n) is 4.29. The van der Waals surface area contributed by atoms with Crippen LogP contribution in [-0.2, 0) is 0 Å². The summed E-state index contributed by atoms with van der Waals surface area (Å²) in [5.74, 6) is 0.885. The predicted molar refractivity (Wildman–Crippen MR) is 71.9 cm³/mol. The molecule has 0 spiro atoms. The van der Waals surface area contributed by atoms with Crippen LogP contribution in [0.1, 0.15) is 0 Å². The lowest BCUT2D eigenvalue weighted by Crippen LogP contribution is -2.17. The third-order valence-electron chi connectivity index (χ3n) is 2.97. The molecule has 0 fully saturated rings. The highest BCUT2D eigenvalue weighted by Gasteiger charge is 2.17. The molecule has 0 unspecified atom stereocenters. The van der Waals surface area contributed by atoms with Gasteiger partial charge >= 0.3 is 0 Å². The van der Waals surface area contributed by atoms with Crippen molar-refractivity contribution < 1.29 is 13.9 Å². The summed E-state index contributed by atoms with van der Waals surface area (Å²) in [6.07, 6.45) is 1.05. The molecule has 1 aromatic heterocycles. The number of rotatable bonds is 2. The number of hydrogen-bond acceptors (Lipinski definition) is 6. The van der Waals surface area contributed by atoms with E-state index in [1.54, 1.807) is 30.1 Å². The molecule has 20 heavy (non-hydrogen) atoms. The van der Waals surface area contributed by atoms with Gasteiger partial charge in [-0.1, -0.05) is 0 Å². The largest absolute Gasteiger partial charge is 0.486 e. The SMILES string of the molecule is CN(c1ccc2c(c1)OCCO2)c1nc(N)ncc1F. The van der Waals surface area contributed by atoms with Gasteiger partial charge in [-0.3, -0.25) is 0 Å². The van der Waals surface area contributed by atoms with Crippen LogP contribution in [0.15, 0.2) is 24.4 Å². The molecule has 0 bridgehead atoms. The standard InChI is InChI=1S/C13H13FN4O2/c1-18(12-9(14)7-16-13(15)17-12)8-2-3-10-11(6-8)20-5-4-19-10/h2-3,6-7H,4-5H2,1H3,(H2,15,16,17). The van der Waals surface area contributed by atoms with E-state index in [-0.39, 0.29) is 11.8 Å². The molecule has 6 nitrogen and oxygen atoms in total. The number of anilines is 3. The van der Waals surface area contributed by atoms with Crippen LogP contribution in [0.2, 0.25) is 0 Å². The van der Waals surface area contributed by atoms with Crippen molar-refractivity contribution in [3.05, 3.63) is 30.2 Å². The molecule has 3 rings (SSSR count). The molecule has 1 aliphatic heterocycles. The van der Waals surface area contributed by atoms with Crippen LogP contribution in [0.25, 0.3) is 0 Å². The van der Waals surface area contributed by atoms with Gasteiger partial charge in [-0.2, -0.15) is 4.98 Å². The minimum absolute atomic E-state index is 0.0193. The minimum atomic E-state index is -0.545. The maximum Gasteiger partial charge on any atom is 0.222 e. The normalized spacial score (nSPS) is 13.1. The highest BCUT2D eigenvalue weighted by atomic mass is 19.1. The van der Waals surface area contributed by atoms with E-state index in [1.165, 1.54) is 0 Å². The number of nitrogen functional groups attached to an aromatic ring is 1. The van der Waals surface area contributed by atoms with Gasteiger partial charge in [-0.15, -0.1) is 0 Å². The highest BCUT2D eigenvalue weighted by Crippen LogP contribution is 2.35. The van der Waals surface area contributed by atoms with E-state index in [9.17, 15) is 4.39 Å². The molecule has 0 atom stereocenters. The molecule has 1 aliphatic rings. The van der Waals surface area contributed by atoms with Crippen molar-refractivity contribution in [3.8, 4) is 11.5 Å². The van der Waals surface area contributed by atoms with Crippen molar-refractivity contribution in [2.24, 2.45) is 0 Å². The van der Waals surface area contributed by atoms with Crippen molar-refractivity contribution in [2.75, 3.05) is 30.9 Å². The summed E-state index contributed by atoms with van der Waals surface area (Å²) in [6, 6.07) is 5.35. The number of hydrogen-bond donors (Lipinski definition) is 1. The van der Waals surface area contributed by atoms with Crippen molar-refractivity contribution in [1.29, 1.82) is 0 Å². The van der Waals surface area contributed by atoms with Gasteiger partial charge < -0.3 is 20.1 Å². The van der Waals surface area contributed by atoms with Crippen LogP contribution in [0.4, 0.5) is 21.8 Å². The highest BCUT2D eigenvalue weighted by molar-refractivity contribution is 5.64. The summed E-state index contributed by atoms with van der Waals surface area (Å²) in [7, 11) is 1.69. The Hall–Kier alpha value is -2.57. The summed E-state index contributed by atoms with van der Waals surface area (Å²) in [5, 5.41) is 0. The lowest BCUT2D eigenvalue weighted by atomic mass is 10.2. The topological polar surface area (TPSA) is 73.5 Å². The van der Waals surface area contributed by atoms with Crippen LogP contribution in [0.3, 0.4) is 0 Å². The Bertz CT molecular complexity index is 650. The van der Waals surface area contributed by atoms with E-state index in [2.05, 4.69) is 9.97 Å². The Morgan fingerprint density at radius 3 is 2.80 bits per heavy atom. The summed E-state index contributed by atoms with van der Waals surface area (Å²) < 4.78 is 24.7. The van der Waals surface area contributed by atoms with Gasteiger partial charge in [0.05, 0.1) is 6.20 Å². The van der Waals surface area contributed by atoms with Crippen molar-refractivity contribution >= 4 is 17.5 Å². The van der Waals surface area contributed by atoms with Crippen molar-refractivity contribution in [3.63, 3.8) is 0 Å². The average molecular weight is 276 g/mol. The molecule has 0 aliphatic carbocycles. The maximum absolute atomic E-state index is 13.8. The van der Waals surface area contributed by atoms with Crippen LogP contribution < -0.4 is 20.1 Å². The molecular weight excluding hydrogens is 263 g/mol. The first-order valence-corrected chi connectivity index (χ1v) is 6.06. The van der Waals surface area contributed by atoms with Crippen LogP contribution in [0, 0.1) is 5.82 Å². The van der Waals surface area contributed by atoms with Gasteiger partial charge in [0.2, 0.25) is 5.95 Å². The summed E-state index contributed by atoms with van der Waals surface area (Å²) >= 11 is 0. The maximum atomic E-state index is 13.8. The van der Waals surface area contributed by atoms with E-state index in [4.69, 9.17) is 15.2 Å². The van der Waals surface area contributed by atoms with Crippen molar-refractivity contribution in [2.45, 2.75) is 0 Å². The van der Waals surface area contributed by atoms with Gasteiger partial charge in [0.1, 0.15) is 13.2 Å². The second kappa shape index (κ2) is 4.84. The molecular formula is C13H13FN4O2. The second-order valence-corrected chi connectivity index (χ2v) is 4.29. The fraction of sp³-hybridized carbons (Fsp3) is 0.231. The Balaban J connectivity index is 1.97. The zero-order chi connectivity index (χ0) is 14.1. The van der Waals surface area contributed by atoms with Crippen LogP contribution >= 0.6 is 0 Å². The number of ether oxygens (including phenoxy) is 2. The number of halogens is 1. The Morgan fingerprint density at radius 2 is 2.00 bits per heavy atom. The number of nitrogens with two attached hydrogens (primary N) is 1. The fourth-order valence-electron chi connectivity index (χ4n) is 1.97. The number of nitrogens with zero attached hydrogens (tertiary/aromatic N) is 3. The molecule has 2 N–H and O–H groups in total. The van der Waals surface area contributed by atoms with E-state index < -0.39 is 5.82 Å². The first-order chi connectivity index (χ1) is 9.65. The molecule has 2 heterocycles. The van der Waals surface area contributed by atoms with Gasteiger partial charge in [0.15, 0.2) is 23.1 Å². The summed E-state index contributed by atoms with van der Waals surface area (Å²) in [6.45, 7) is 1.02. The third-order valence-corrected chi connectivity index (χ3v) is 2.97. The quantitative estimate of drug-likeness (QED) is 0.900. The molecule has 1 aromatic carbocycles. The molecule has 7 heteroatoms. The van der Waals surface area contributed by atoms with Gasteiger partial charge in [0, 0.05) is 18.8 Å². The third kappa shape index (κ3) is 2.18. The van der Waals surface area contributed by atoms with Gasteiger partial charge in [-0.05, 0) is 12.1 Å². The monoisotopic (exact) mass is 276 g/mol. The average Bonchev–Trinajstić information content (AvgIpc) is 2.48. The Kier molecular flexibility index (Phi) is 3.02. The summed E-state index contributed by atoms with van der Waals surface area (Å²) in [5.41, 5.74) is 6.21. The zero-order valence-corrected chi connectivity index (χ0v) is 10.8. The zero-order valence-electron chi connectivity index (χ0n) is 10.8. The van der Waals surface area contributed by atoms with Crippen LogP contribution in [-0.4, -0.2) is 30.2 Å².